The van der Waals surface area contributed by atoms with Gasteiger partial charge in [-0.05, 0) is 18.9 Å². The van der Waals surface area contributed by atoms with E-state index in [1.807, 2.05) is 6.92 Å². The van der Waals surface area contributed by atoms with E-state index in [1.54, 1.807) is 0 Å². The fourth-order valence-electron chi connectivity index (χ4n) is 0.727. The summed E-state index contributed by atoms with van der Waals surface area (Å²) in [6, 6.07) is 0. The van der Waals surface area contributed by atoms with Gasteiger partial charge < -0.3 is 5.11 Å². The molecule has 0 saturated carbocycles. The van der Waals surface area contributed by atoms with E-state index >= 15 is 0 Å². The summed E-state index contributed by atoms with van der Waals surface area (Å²) in [4.78, 5) is 1.11. The topological polar surface area (TPSA) is 35.5 Å². The first-order chi connectivity index (χ1) is 4.74. The van der Waals surface area contributed by atoms with Gasteiger partial charge in [-0.15, -0.1) is 0 Å². The molecule has 10 heavy (non-hydrogen) atoms. The predicted octanol–water partition coefficient (Wildman–Crippen LogP) is 1.22. The van der Waals surface area contributed by atoms with E-state index in [4.69, 9.17) is 16.9 Å². The Bertz CT molecular complexity index is 162. The van der Waals surface area contributed by atoms with Gasteiger partial charge in [-0.25, -0.2) is 0 Å². The molecule has 1 aliphatic rings. The van der Waals surface area contributed by atoms with Crippen LogP contribution in [0.15, 0.2) is 10.6 Å². The molecule has 0 aromatic rings. The summed E-state index contributed by atoms with van der Waals surface area (Å²) < 4.78 is 1.40. The Balaban J connectivity index is 2.49. The van der Waals surface area contributed by atoms with Crippen LogP contribution in [0, 0.1) is 0 Å². The molecule has 0 aromatic heterocycles. The summed E-state index contributed by atoms with van der Waals surface area (Å²) in [6.07, 6.45) is 0.641. The van der Waals surface area contributed by atoms with Gasteiger partial charge in [0.25, 0.3) is 0 Å². The van der Waals surface area contributed by atoms with Gasteiger partial charge in [0.1, 0.15) is 0 Å². The van der Waals surface area contributed by atoms with Crippen molar-refractivity contribution in [2.24, 2.45) is 0 Å². The zero-order chi connectivity index (χ0) is 7.56. The fraction of sp³-hybridized carbons (Fsp3) is 0.600. The van der Waals surface area contributed by atoms with Gasteiger partial charge in [0, 0.05) is 35.4 Å². The van der Waals surface area contributed by atoms with Gasteiger partial charge in [-0.3, -0.25) is 5.43 Å². The molecule has 0 bridgehead atoms. The molecule has 5 heteroatoms. The predicted molar refractivity (Wildman–Crippen MR) is 42.8 cm³/mol. The highest BCUT2D eigenvalue weighted by molar-refractivity contribution is 8.01. The van der Waals surface area contributed by atoms with E-state index < -0.39 is 0 Å². The Kier molecular flexibility index (Phi) is 2.85. The van der Waals surface area contributed by atoms with Crippen LogP contribution in [0.2, 0.25) is 0 Å². The number of hydrogen-bond donors (Lipinski definition) is 2. The minimum atomic E-state index is 0.158. The van der Waals surface area contributed by atoms with Crippen LogP contribution >= 0.6 is 23.7 Å². The summed E-state index contributed by atoms with van der Waals surface area (Å²) in [5.74, 6) is 0. The van der Waals surface area contributed by atoms with Crippen LogP contribution in [0.5, 0.6) is 0 Å². The van der Waals surface area contributed by atoms with Crippen molar-refractivity contribution in [3.05, 3.63) is 10.6 Å². The summed E-state index contributed by atoms with van der Waals surface area (Å²) in [6.45, 7) is 2.12. The van der Waals surface area contributed by atoms with Crippen molar-refractivity contribution in [2.75, 3.05) is 6.61 Å². The third-order valence-electron chi connectivity index (χ3n) is 1.23. The molecule has 1 heterocycles. The summed E-state index contributed by atoms with van der Waals surface area (Å²) in [7, 11) is 0. The van der Waals surface area contributed by atoms with Crippen molar-refractivity contribution in [3.63, 3.8) is 0 Å². The smallest absolute Gasteiger partial charge is 0.0486 e. The third-order valence-corrected chi connectivity index (χ3v) is 2.29. The standard InChI is InChI=1S/C5H9ClN2OS/c1-4-5(2-3-9)7-8(6)10-4/h7,9H,2-3H2,1H3. The van der Waals surface area contributed by atoms with E-state index in [9.17, 15) is 0 Å². The minimum Gasteiger partial charge on any atom is -0.396 e. The monoisotopic (exact) mass is 180 g/mol. The maximum Gasteiger partial charge on any atom is 0.0486 e. The van der Waals surface area contributed by atoms with E-state index in [0.717, 1.165) is 10.6 Å². The van der Waals surface area contributed by atoms with Crippen LogP contribution in [0.3, 0.4) is 0 Å². The first-order valence-electron chi connectivity index (χ1n) is 2.95. The zero-order valence-corrected chi connectivity index (χ0v) is 7.17. The number of hydrazine groups is 1. The van der Waals surface area contributed by atoms with Crippen LogP contribution in [0.25, 0.3) is 0 Å². The molecule has 2 N–H and O–H groups in total. The average Bonchev–Trinajstić information content (AvgIpc) is 2.13. The van der Waals surface area contributed by atoms with Gasteiger partial charge in [-0.2, -0.15) is 0 Å². The Morgan fingerprint density at radius 3 is 2.90 bits per heavy atom. The lowest BCUT2D eigenvalue weighted by Gasteiger charge is -2.04. The number of nitrogens with one attached hydrogen (secondary N) is 1. The molecule has 0 unspecified atom stereocenters. The number of halogens is 1. The van der Waals surface area contributed by atoms with Crippen molar-refractivity contribution in [3.8, 4) is 0 Å². The Morgan fingerprint density at radius 2 is 2.50 bits per heavy atom. The highest BCUT2D eigenvalue weighted by atomic mass is 35.5. The highest BCUT2D eigenvalue weighted by Crippen LogP contribution is 2.30. The lowest BCUT2D eigenvalue weighted by molar-refractivity contribution is 0.294. The normalized spacial score (nSPS) is 19.9. The van der Waals surface area contributed by atoms with Crippen molar-refractivity contribution >= 4 is 23.7 Å². The van der Waals surface area contributed by atoms with Gasteiger partial charge in [0.05, 0.1) is 0 Å². The van der Waals surface area contributed by atoms with Crippen molar-refractivity contribution in [1.29, 1.82) is 0 Å². The van der Waals surface area contributed by atoms with Crippen LogP contribution in [0.4, 0.5) is 0 Å². The number of aliphatic hydroxyl groups excluding tert-OH is 1. The molecular formula is C5H9ClN2OS. The molecule has 0 amide bonds. The van der Waals surface area contributed by atoms with E-state index in [1.165, 1.54) is 15.9 Å². The minimum absolute atomic E-state index is 0.158. The first-order valence-corrected chi connectivity index (χ1v) is 4.06. The summed E-state index contributed by atoms with van der Waals surface area (Å²) in [5.41, 5.74) is 3.89. The molecule has 0 spiro atoms. The van der Waals surface area contributed by atoms with Gasteiger partial charge in [0.2, 0.25) is 0 Å². The maximum absolute atomic E-state index is 8.59. The summed E-state index contributed by atoms with van der Waals surface area (Å²) >= 11 is 7.02. The second-order valence-corrected chi connectivity index (χ2v) is 3.65. The second kappa shape index (κ2) is 3.48. The lowest BCUT2D eigenvalue weighted by atomic mass is 10.3. The van der Waals surface area contributed by atoms with Crippen molar-refractivity contribution in [2.45, 2.75) is 13.3 Å². The van der Waals surface area contributed by atoms with Gasteiger partial charge >= 0.3 is 0 Å². The molecule has 0 saturated heterocycles. The summed E-state index contributed by atoms with van der Waals surface area (Å²) in [5, 5.41) is 8.59. The largest absolute Gasteiger partial charge is 0.396 e. The second-order valence-electron chi connectivity index (χ2n) is 1.96. The number of aliphatic hydroxyl groups is 1. The molecule has 0 aromatic carbocycles. The van der Waals surface area contributed by atoms with Crippen LogP contribution in [-0.2, 0) is 0 Å². The molecular weight excluding hydrogens is 172 g/mol. The quantitative estimate of drug-likeness (QED) is 0.495. The maximum atomic E-state index is 8.59. The van der Waals surface area contributed by atoms with Crippen molar-refractivity contribution < 1.29 is 5.11 Å². The fourth-order valence-corrected chi connectivity index (χ4v) is 1.79. The first kappa shape index (κ1) is 8.20. The SMILES string of the molecule is CC1=C(CCO)NN(Cl)S1. The average molecular weight is 181 g/mol. The Morgan fingerprint density at radius 1 is 1.80 bits per heavy atom. The van der Waals surface area contributed by atoms with Gasteiger partial charge in [-0.1, -0.05) is 3.93 Å². The number of nitrogens with zero attached hydrogens (tertiary/aromatic N) is 1. The zero-order valence-electron chi connectivity index (χ0n) is 5.59. The molecule has 58 valence electrons. The third kappa shape index (κ3) is 1.79. The molecule has 3 nitrogen and oxygen atoms in total. The highest BCUT2D eigenvalue weighted by Gasteiger charge is 2.16. The lowest BCUT2D eigenvalue weighted by Crippen LogP contribution is -2.17. The van der Waals surface area contributed by atoms with Crippen LogP contribution < -0.4 is 5.43 Å². The molecule has 0 aliphatic carbocycles. The Hall–Kier alpha value is 0.1000. The van der Waals surface area contributed by atoms with Gasteiger partial charge in [0.15, 0.2) is 0 Å². The molecule has 1 aliphatic heterocycles. The van der Waals surface area contributed by atoms with Crippen LogP contribution in [-0.4, -0.2) is 15.6 Å². The van der Waals surface area contributed by atoms with E-state index in [-0.39, 0.29) is 6.61 Å². The van der Waals surface area contributed by atoms with Crippen molar-refractivity contribution in [1.82, 2.24) is 9.36 Å². The van der Waals surface area contributed by atoms with E-state index in [2.05, 4.69) is 5.43 Å². The molecule has 0 atom stereocenters. The Labute approximate surface area is 69.3 Å². The van der Waals surface area contributed by atoms with E-state index in [0.29, 0.717) is 6.42 Å². The number of allylic oxidation sites excluding steroid dienone is 1. The molecule has 0 fully saturated rings. The number of hydrogen-bond acceptors (Lipinski definition) is 4. The molecule has 1 rings (SSSR count). The van der Waals surface area contributed by atoms with Crippen LogP contribution in [0.1, 0.15) is 13.3 Å². The number of rotatable bonds is 2. The molecule has 0 radical (unpaired) electrons.